The van der Waals surface area contributed by atoms with E-state index in [1.54, 1.807) is 18.6 Å². The van der Waals surface area contributed by atoms with Crippen LogP contribution in [0.15, 0.2) is 42.9 Å². The average Bonchev–Trinajstić information content (AvgIpc) is 2.67. The number of rotatable bonds is 6. The van der Waals surface area contributed by atoms with Crippen LogP contribution >= 0.6 is 0 Å². The van der Waals surface area contributed by atoms with Crippen molar-refractivity contribution in [1.82, 2.24) is 20.2 Å². The molecule has 1 fully saturated rings. The minimum atomic E-state index is -0.00762. The molecule has 2 aromatic rings. The van der Waals surface area contributed by atoms with Crippen LogP contribution < -0.4 is 10.2 Å². The zero-order valence-corrected chi connectivity index (χ0v) is 15.6. The van der Waals surface area contributed by atoms with Crippen molar-refractivity contribution in [3.05, 3.63) is 54.0 Å². The van der Waals surface area contributed by atoms with Gasteiger partial charge in [0.05, 0.1) is 12.1 Å². The van der Waals surface area contributed by atoms with Gasteiger partial charge in [-0.2, -0.15) is 0 Å². The van der Waals surface area contributed by atoms with Crippen LogP contribution in [0.3, 0.4) is 0 Å². The van der Waals surface area contributed by atoms with Crippen molar-refractivity contribution in [1.29, 1.82) is 0 Å². The molecule has 1 atom stereocenters. The first-order valence-electron chi connectivity index (χ1n) is 9.13. The van der Waals surface area contributed by atoms with E-state index in [1.165, 1.54) is 11.1 Å². The third kappa shape index (κ3) is 4.79. The molecular formula is C20H27N5O. The van der Waals surface area contributed by atoms with Gasteiger partial charge in [-0.15, -0.1) is 0 Å². The highest BCUT2D eigenvalue weighted by Crippen LogP contribution is 2.21. The lowest BCUT2D eigenvalue weighted by atomic mass is 9.97. The third-order valence-corrected chi connectivity index (χ3v) is 4.72. The smallest absolute Gasteiger partial charge is 0.225 e. The highest BCUT2D eigenvalue weighted by atomic mass is 16.1. The molecule has 6 nitrogen and oxygen atoms in total. The molecule has 1 N–H and O–H groups in total. The summed E-state index contributed by atoms with van der Waals surface area (Å²) >= 11 is 0. The summed E-state index contributed by atoms with van der Waals surface area (Å²) in [5, 5.41) is 3.13. The number of carbonyl (C=O) groups is 1. The molecule has 0 aliphatic carbocycles. The zero-order valence-electron chi connectivity index (χ0n) is 15.6. The van der Waals surface area contributed by atoms with E-state index in [1.807, 2.05) is 12.1 Å². The molecule has 26 heavy (non-hydrogen) atoms. The van der Waals surface area contributed by atoms with E-state index >= 15 is 0 Å². The van der Waals surface area contributed by atoms with E-state index in [0.717, 1.165) is 31.7 Å². The molecule has 0 saturated carbocycles. The molecule has 1 aliphatic rings. The van der Waals surface area contributed by atoms with Crippen molar-refractivity contribution in [2.45, 2.75) is 25.9 Å². The number of anilines is 1. The van der Waals surface area contributed by atoms with Crippen molar-refractivity contribution >= 4 is 11.7 Å². The Bertz CT molecular complexity index is 719. The van der Waals surface area contributed by atoms with Crippen LogP contribution in [0.5, 0.6) is 0 Å². The van der Waals surface area contributed by atoms with E-state index < -0.39 is 0 Å². The Morgan fingerprint density at radius 2 is 2.08 bits per heavy atom. The lowest BCUT2D eigenvalue weighted by Gasteiger charge is -2.32. The van der Waals surface area contributed by atoms with Gasteiger partial charge in [0, 0.05) is 38.6 Å². The Morgan fingerprint density at radius 1 is 1.27 bits per heavy atom. The Kier molecular flexibility index (Phi) is 6.17. The van der Waals surface area contributed by atoms with Gasteiger partial charge in [-0.1, -0.05) is 24.3 Å². The number of hydrogen-bond acceptors (Lipinski definition) is 5. The molecular weight excluding hydrogens is 326 g/mol. The molecule has 1 aromatic carbocycles. The summed E-state index contributed by atoms with van der Waals surface area (Å²) in [7, 11) is 4.11. The van der Waals surface area contributed by atoms with Crippen LogP contribution in [0.2, 0.25) is 0 Å². The first-order chi connectivity index (χ1) is 12.6. The van der Waals surface area contributed by atoms with Crippen LogP contribution in [0, 0.1) is 5.92 Å². The highest BCUT2D eigenvalue weighted by Gasteiger charge is 2.26. The van der Waals surface area contributed by atoms with Crippen molar-refractivity contribution < 1.29 is 4.79 Å². The van der Waals surface area contributed by atoms with Gasteiger partial charge in [-0.25, -0.2) is 4.98 Å². The number of nitrogens with zero attached hydrogens (tertiary/aromatic N) is 4. The van der Waals surface area contributed by atoms with E-state index in [4.69, 9.17) is 0 Å². The highest BCUT2D eigenvalue weighted by molar-refractivity contribution is 5.79. The maximum Gasteiger partial charge on any atom is 0.225 e. The first-order valence-corrected chi connectivity index (χ1v) is 9.13. The monoisotopic (exact) mass is 353 g/mol. The fourth-order valence-electron chi connectivity index (χ4n) is 3.41. The number of aromatic nitrogens is 2. The van der Waals surface area contributed by atoms with Gasteiger partial charge >= 0.3 is 0 Å². The quantitative estimate of drug-likeness (QED) is 0.861. The summed E-state index contributed by atoms with van der Waals surface area (Å²) in [5.74, 6) is 0.964. The summed E-state index contributed by atoms with van der Waals surface area (Å²) in [6.45, 7) is 3.07. The minimum absolute atomic E-state index is 0.00762. The van der Waals surface area contributed by atoms with Gasteiger partial charge in [0.2, 0.25) is 5.91 Å². The van der Waals surface area contributed by atoms with Gasteiger partial charge in [0.1, 0.15) is 5.82 Å². The van der Waals surface area contributed by atoms with Crippen LogP contribution in [0.4, 0.5) is 5.82 Å². The van der Waals surface area contributed by atoms with E-state index in [-0.39, 0.29) is 11.8 Å². The Morgan fingerprint density at radius 3 is 2.81 bits per heavy atom. The number of amides is 1. The SMILES string of the molecule is CN(C)Cc1ccccc1CNC(=O)C1CCCN(c2cnccn2)C1. The topological polar surface area (TPSA) is 61.4 Å². The van der Waals surface area contributed by atoms with Gasteiger partial charge < -0.3 is 15.1 Å². The second-order valence-electron chi connectivity index (χ2n) is 7.07. The molecule has 0 radical (unpaired) electrons. The molecule has 0 bridgehead atoms. The molecule has 6 heteroatoms. The summed E-state index contributed by atoms with van der Waals surface area (Å²) < 4.78 is 0. The van der Waals surface area contributed by atoms with Gasteiger partial charge in [0.15, 0.2) is 0 Å². The molecule has 138 valence electrons. The predicted molar refractivity (Wildman–Crippen MR) is 103 cm³/mol. The summed E-state index contributed by atoms with van der Waals surface area (Å²) in [6, 6.07) is 8.28. The fraction of sp³-hybridized carbons (Fsp3) is 0.450. The zero-order chi connectivity index (χ0) is 18.4. The maximum absolute atomic E-state index is 12.7. The number of benzene rings is 1. The normalized spacial score (nSPS) is 17.3. The first kappa shape index (κ1) is 18.3. The Labute approximate surface area is 155 Å². The van der Waals surface area contributed by atoms with Crippen LogP contribution in [-0.2, 0) is 17.9 Å². The lowest BCUT2D eigenvalue weighted by Crippen LogP contribution is -2.43. The molecule has 3 rings (SSSR count). The molecule has 1 aromatic heterocycles. The largest absolute Gasteiger partial charge is 0.355 e. The van der Waals surface area contributed by atoms with Crippen LogP contribution in [-0.4, -0.2) is 48.0 Å². The lowest BCUT2D eigenvalue weighted by molar-refractivity contribution is -0.125. The molecule has 2 heterocycles. The summed E-state index contributed by atoms with van der Waals surface area (Å²) in [4.78, 5) is 25.5. The van der Waals surface area contributed by atoms with Crippen molar-refractivity contribution in [3.8, 4) is 0 Å². The Balaban J connectivity index is 1.58. The van der Waals surface area contributed by atoms with Crippen LogP contribution in [0.25, 0.3) is 0 Å². The molecule has 1 aliphatic heterocycles. The molecule has 1 amide bonds. The number of carbonyl (C=O) groups excluding carboxylic acids is 1. The minimum Gasteiger partial charge on any atom is -0.355 e. The van der Waals surface area contributed by atoms with Gasteiger partial charge in [-0.3, -0.25) is 9.78 Å². The van der Waals surface area contributed by atoms with Crippen molar-refractivity contribution in [3.63, 3.8) is 0 Å². The van der Waals surface area contributed by atoms with Crippen molar-refractivity contribution in [2.24, 2.45) is 5.92 Å². The second-order valence-corrected chi connectivity index (χ2v) is 7.07. The summed E-state index contributed by atoms with van der Waals surface area (Å²) in [6.07, 6.45) is 7.04. The van der Waals surface area contributed by atoms with E-state index in [0.29, 0.717) is 13.1 Å². The second kappa shape index (κ2) is 8.76. The molecule has 1 saturated heterocycles. The molecule has 0 spiro atoms. The van der Waals surface area contributed by atoms with E-state index in [9.17, 15) is 4.79 Å². The van der Waals surface area contributed by atoms with Crippen molar-refractivity contribution in [2.75, 3.05) is 32.1 Å². The predicted octanol–water partition coefficient (Wildman–Crippen LogP) is 2.07. The Hall–Kier alpha value is -2.47. The standard InChI is InChI=1S/C20H27N5O/c1-24(2)14-17-7-4-3-6-16(17)12-23-20(26)18-8-5-11-25(15-18)19-13-21-9-10-22-19/h3-4,6-7,9-10,13,18H,5,8,11-12,14-15H2,1-2H3,(H,23,26). The van der Waals surface area contributed by atoms with E-state index in [2.05, 4.69) is 51.3 Å². The number of nitrogens with one attached hydrogen (secondary N) is 1. The number of piperidine rings is 1. The van der Waals surface area contributed by atoms with Gasteiger partial charge in [0.25, 0.3) is 0 Å². The summed E-state index contributed by atoms with van der Waals surface area (Å²) in [5.41, 5.74) is 2.43. The molecule has 1 unspecified atom stereocenters. The van der Waals surface area contributed by atoms with Crippen LogP contribution in [0.1, 0.15) is 24.0 Å². The fourth-order valence-corrected chi connectivity index (χ4v) is 3.41. The average molecular weight is 353 g/mol. The third-order valence-electron chi connectivity index (χ3n) is 4.72. The number of hydrogen-bond donors (Lipinski definition) is 1. The van der Waals surface area contributed by atoms with Gasteiger partial charge in [-0.05, 0) is 38.1 Å². The maximum atomic E-state index is 12.7.